The molecule has 1 amide bonds. The van der Waals surface area contributed by atoms with Gasteiger partial charge in [0.1, 0.15) is 17.7 Å². The molecule has 2 aliphatic rings. The van der Waals surface area contributed by atoms with Crippen molar-refractivity contribution >= 4 is 35.1 Å². The van der Waals surface area contributed by atoms with Gasteiger partial charge in [-0.25, -0.2) is 4.79 Å². The molecule has 144 valence electrons. The maximum absolute atomic E-state index is 12.5. The molecule has 0 aromatic heterocycles. The number of hydrogen-bond acceptors (Lipinski definition) is 4. The number of nitrogens with one attached hydrogen (secondary N) is 1. The molecule has 1 aliphatic carbocycles. The highest BCUT2D eigenvalue weighted by Gasteiger charge is 2.38. The molecule has 1 aromatic rings. The Morgan fingerprint density at radius 2 is 2.15 bits per heavy atom. The van der Waals surface area contributed by atoms with Crippen LogP contribution in [0.2, 0.25) is 10.0 Å². The van der Waals surface area contributed by atoms with Crippen LogP contribution >= 0.6 is 23.2 Å². The number of ether oxygens (including phenoxy) is 2. The lowest BCUT2D eigenvalue weighted by Gasteiger charge is -2.40. The molecule has 3 atom stereocenters. The number of carboxylic acid groups (broad SMARTS) is 1. The Morgan fingerprint density at radius 3 is 2.89 bits per heavy atom. The average Bonchev–Trinajstić information content (AvgIpc) is 2.62. The lowest BCUT2D eigenvalue weighted by Crippen LogP contribution is -2.48. The number of halogens is 2. The summed E-state index contributed by atoms with van der Waals surface area (Å²) in [7, 11) is 0. The number of rotatable bonds is 5. The van der Waals surface area contributed by atoms with Crippen LogP contribution in [0.15, 0.2) is 42.0 Å². The van der Waals surface area contributed by atoms with E-state index in [1.54, 1.807) is 12.1 Å². The molecular weight excluding hydrogens is 393 g/mol. The average molecular weight is 412 g/mol. The Labute approximate surface area is 166 Å². The smallest absolute Gasteiger partial charge is 0.326 e. The van der Waals surface area contributed by atoms with E-state index < -0.39 is 23.5 Å². The fourth-order valence-electron chi connectivity index (χ4n) is 3.15. The van der Waals surface area contributed by atoms with E-state index in [9.17, 15) is 14.7 Å². The van der Waals surface area contributed by atoms with Crippen LogP contribution in [-0.2, 0) is 14.3 Å². The van der Waals surface area contributed by atoms with Crippen molar-refractivity contribution in [3.63, 3.8) is 0 Å². The lowest BCUT2D eigenvalue weighted by atomic mass is 9.87. The number of fused-ring (bicyclic) bond motifs is 1. The van der Waals surface area contributed by atoms with Crippen molar-refractivity contribution in [1.82, 2.24) is 5.32 Å². The van der Waals surface area contributed by atoms with Gasteiger partial charge in [-0.3, -0.25) is 4.79 Å². The zero-order chi connectivity index (χ0) is 19.6. The van der Waals surface area contributed by atoms with Crippen LogP contribution in [0.4, 0.5) is 0 Å². The van der Waals surface area contributed by atoms with Gasteiger partial charge in [-0.2, -0.15) is 0 Å². The summed E-state index contributed by atoms with van der Waals surface area (Å²) in [4.78, 5) is 24.1. The predicted molar refractivity (Wildman–Crippen MR) is 101 cm³/mol. The van der Waals surface area contributed by atoms with Crippen LogP contribution in [0.5, 0.6) is 0 Å². The molecule has 2 unspecified atom stereocenters. The maximum Gasteiger partial charge on any atom is 0.326 e. The van der Waals surface area contributed by atoms with Crippen LogP contribution in [0, 0.1) is 0 Å². The molecule has 0 spiro atoms. The number of amides is 1. The number of hydrogen-bond donors (Lipinski definition) is 2. The normalized spacial score (nSPS) is 25.3. The third-order valence-electron chi connectivity index (χ3n) is 4.53. The molecule has 1 heterocycles. The molecule has 1 fully saturated rings. The van der Waals surface area contributed by atoms with Crippen molar-refractivity contribution in [3.8, 4) is 0 Å². The van der Waals surface area contributed by atoms with E-state index >= 15 is 0 Å². The number of allylic oxidation sites excluding steroid dienone is 1. The molecule has 27 heavy (non-hydrogen) atoms. The minimum Gasteiger partial charge on any atom is -0.480 e. The topological polar surface area (TPSA) is 84.9 Å². The van der Waals surface area contributed by atoms with Crippen LogP contribution in [0.1, 0.15) is 23.7 Å². The van der Waals surface area contributed by atoms with Gasteiger partial charge in [0.2, 0.25) is 0 Å². The molecular formula is C19H19Cl2NO5. The highest BCUT2D eigenvalue weighted by Crippen LogP contribution is 2.32. The molecule has 0 radical (unpaired) electrons. The fourth-order valence-corrected chi connectivity index (χ4v) is 3.53. The van der Waals surface area contributed by atoms with Gasteiger partial charge in [0.15, 0.2) is 0 Å². The molecule has 2 N–H and O–H groups in total. The first kappa shape index (κ1) is 19.9. The van der Waals surface area contributed by atoms with Crippen molar-refractivity contribution < 1.29 is 24.2 Å². The summed E-state index contributed by atoms with van der Waals surface area (Å²) >= 11 is 11.9. The maximum atomic E-state index is 12.5. The first-order valence-electron chi connectivity index (χ1n) is 8.43. The van der Waals surface area contributed by atoms with E-state index in [1.807, 2.05) is 19.1 Å². The molecule has 1 aliphatic heterocycles. The molecule has 3 rings (SSSR count). The van der Waals surface area contributed by atoms with Crippen molar-refractivity contribution in [2.75, 3.05) is 13.2 Å². The minimum absolute atomic E-state index is 0.0986. The molecule has 1 saturated heterocycles. The summed E-state index contributed by atoms with van der Waals surface area (Å²) in [5, 5.41) is 12.6. The van der Waals surface area contributed by atoms with Gasteiger partial charge >= 0.3 is 5.97 Å². The highest BCUT2D eigenvalue weighted by molar-refractivity contribution is 6.35. The van der Waals surface area contributed by atoms with Crippen molar-refractivity contribution in [2.24, 2.45) is 0 Å². The Balaban J connectivity index is 1.75. The Hall–Kier alpha value is -1.86. The number of aliphatic carboxylic acids is 1. The summed E-state index contributed by atoms with van der Waals surface area (Å²) in [5.41, 5.74) is 0.217. The summed E-state index contributed by atoms with van der Waals surface area (Å²) in [6.45, 7) is 2.87. The van der Waals surface area contributed by atoms with E-state index in [4.69, 9.17) is 32.7 Å². The molecule has 6 nitrogen and oxygen atoms in total. The van der Waals surface area contributed by atoms with Gasteiger partial charge in [0.05, 0.1) is 23.8 Å². The third kappa shape index (κ3) is 4.52. The van der Waals surface area contributed by atoms with Crippen molar-refractivity contribution in [1.29, 1.82) is 0 Å². The van der Waals surface area contributed by atoms with Crippen molar-refractivity contribution in [2.45, 2.75) is 31.1 Å². The van der Waals surface area contributed by atoms with Crippen LogP contribution < -0.4 is 5.32 Å². The summed E-state index contributed by atoms with van der Waals surface area (Å²) in [6, 6.07) is 3.31. The van der Waals surface area contributed by atoms with Crippen LogP contribution in [0.3, 0.4) is 0 Å². The minimum atomic E-state index is -1.15. The second-order valence-corrected chi connectivity index (χ2v) is 7.44. The summed E-state index contributed by atoms with van der Waals surface area (Å²) in [6.07, 6.45) is 5.39. The second kappa shape index (κ2) is 8.02. The van der Waals surface area contributed by atoms with Gasteiger partial charge in [-0.15, -0.1) is 0 Å². The zero-order valence-corrected chi connectivity index (χ0v) is 16.1. The van der Waals surface area contributed by atoms with Crippen molar-refractivity contribution in [3.05, 3.63) is 57.6 Å². The predicted octanol–water partition coefficient (Wildman–Crippen LogP) is 3.24. The number of benzene rings is 1. The van der Waals surface area contributed by atoms with Crippen LogP contribution in [0.25, 0.3) is 0 Å². The van der Waals surface area contributed by atoms with Gasteiger partial charge in [-0.05, 0) is 36.8 Å². The third-order valence-corrected chi connectivity index (χ3v) is 5.10. The largest absolute Gasteiger partial charge is 0.480 e. The first-order chi connectivity index (χ1) is 12.8. The van der Waals surface area contributed by atoms with Crippen LogP contribution in [-0.4, -0.2) is 47.9 Å². The Kier molecular flexibility index (Phi) is 5.91. The van der Waals surface area contributed by atoms with Gasteiger partial charge < -0.3 is 19.9 Å². The second-order valence-electron chi connectivity index (χ2n) is 6.59. The molecule has 0 bridgehead atoms. The number of carbonyl (C=O) groups excluding carboxylic acids is 1. The number of carbonyl (C=O) groups is 2. The lowest BCUT2D eigenvalue weighted by molar-refractivity contribution is -0.155. The monoisotopic (exact) mass is 411 g/mol. The van der Waals surface area contributed by atoms with Gasteiger partial charge in [0, 0.05) is 11.4 Å². The Morgan fingerprint density at radius 1 is 1.37 bits per heavy atom. The van der Waals surface area contributed by atoms with E-state index in [-0.39, 0.29) is 23.1 Å². The SMILES string of the molecule is CC12C=C(C[C@H](NC(=O)c3cc(Cl)ccc3Cl)C(=O)O)C=CC1OCCO2. The standard InChI is InChI=1S/C19H19Cl2NO5/c1-19-10-11(2-5-16(19)26-6-7-27-19)8-15(18(24)25)22-17(23)13-9-12(20)3-4-14(13)21/h2-5,9-10,15-16H,6-8H2,1H3,(H,22,23)(H,24,25)/t15-,16?,19?/m0/s1. The van der Waals surface area contributed by atoms with E-state index in [0.29, 0.717) is 18.2 Å². The Bertz CT molecular complexity index is 822. The van der Waals surface area contributed by atoms with Gasteiger partial charge in [0.25, 0.3) is 5.91 Å². The van der Waals surface area contributed by atoms with E-state index in [2.05, 4.69) is 5.32 Å². The summed E-state index contributed by atoms with van der Waals surface area (Å²) < 4.78 is 11.5. The number of carboxylic acids is 1. The first-order valence-corrected chi connectivity index (χ1v) is 9.18. The molecule has 1 aromatic carbocycles. The molecule has 8 heteroatoms. The molecule has 0 saturated carbocycles. The highest BCUT2D eigenvalue weighted by atomic mass is 35.5. The van der Waals surface area contributed by atoms with E-state index in [0.717, 1.165) is 5.57 Å². The van der Waals surface area contributed by atoms with Gasteiger partial charge in [-0.1, -0.05) is 35.4 Å². The fraction of sp³-hybridized carbons (Fsp3) is 0.368. The summed E-state index contributed by atoms with van der Waals surface area (Å²) in [5.74, 6) is -1.75. The zero-order valence-electron chi connectivity index (χ0n) is 14.6. The van der Waals surface area contributed by atoms with E-state index in [1.165, 1.54) is 12.1 Å². The quantitative estimate of drug-likeness (QED) is 0.776.